The number of amides is 1. The molecule has 3 aromatic rings. The summed E-state index contributed by atoms with van der Waals surface area (Å²) in [6.07, 6.45) is 5.05. The highest BCUT2D eigenvalue weighted by atomic mass is 16.5. The first-order chi connectivity index (χ1) is 18.1. The van der Waals surface area contributed by atoms with E-state index in [1.807, 2.05) is 53.4 Å². The van der Waals surface area contributed by atoms with Crippen molar-refractivity contribution in [3.8, 4) is 11.5 Å². The van der Waals surface area contributed by atoms with Gasteiger partial charge in [0.25, 0.3) is 5.91 Å². The number of carbonyl (C=O) groups is 2. The van der Waals surface area contributed by atoms with Crippen molar-refractivity contribution in [2.75, 3.05) is 26.8 Å². The molecule has 4 rings (SSSR count). The largest absolute Gasteiger partial charge is 0.493 e. The van der Waals surface area contributed by atoms with Gasteiger partial charge in [-0.2, -0.15) is 0 Å². The number of benzene rings is 3. The van der Waals surface area contributed by atoms with Crippen LogP contribution in [-0.2, 0) is 11.3 Å². The molecule has 0 bridgehead atoms. The van der Waals surface area contributed by atoms with Crippen LogP contribution in [0.4, 0.5) is 5.69 Å². The first-order valence-electron chi connectivity index (χ1n) is 12.6. The zero-order valence-corrected chi connectivity index (χ0v) is 21.3. The molecule has 0 saturated carbocycles. The lowest BCUT2D eigenvalue weighted by Crippen LogP contribution is -2.35. The Balaban J connectivity index is 1.37. The van der Waals surface area contributed by atoms with E-state index in [-0.39, 0.29) is 11.9 Å². The molecule has 192 valence electrons. The molecule has 37 heavy (non-hydrogen) atoms. The standard InChI is InChI=1S/C30H32N2O5/c1-3-36-30(34)25-8-7-9-26(19-25)31-20-23-12-15-27(28(18-23)35-2)37-21-22-10-13-24(14-11-22)29(33)32-16-5-4-6-17-32/h7-15,18-20H,3-6,16-17,21H2,1-2H3. The van der Waals surface area contributed by atoms with E-state index in [1.165, 1.54) is 6.42 Å². The molecule has 0 atom stereocenters. The monoisotopic (exact) mass is 500 g/mol. The molecule has 1 amide bonds. The van der Waals surface area contributed by atoms with Crippen LogP contribution in [0.5, 0.6) is 11.5 Å². The lowest BCUT2D eigenvalue weighted by Gasteiger charge is -2.26. The molecule has 3 aromatic carbocycles. The average molecular weight is 501 g/mol. The molecule has 7 heteroatoms. The van der Waals surface area contributed by atoms with Gasteiger partial charge in [-0.25, -0.2) is 4.79 Å². The fourth-order valence-corrected chi connectivity index (χ4v) is 4.14. The number of likely N-dealkylation sites (tertiary alicyclic amines) is 1. The Morgan fingerprint density at radius 2 is 1.70 bits per heavy atom. The summed E-state index contributed by atoms with van der Waals surface area (Å²) in [5.41, 5.74) is 3.60. The number of nitrogens with zero attached hydrogens (tertiary/aromatic N) is 2. The first kappa shape index (κ1) is 25.9. The Bertz CT molecular complexity index is 1250. The normalized spacial score (nSPS) is 13.4. The maximum absolute atomic E-state index is 12.7. The van der Waals surface area contributed by atoms with Gasteiger partial charge in [-0.15, -0.1) is 0 Å². The topological polar surface area (TPSA) is 77.4 Å². The number of rotatable bonds is 9. The summed E-state index contributed by atoms with van der Waals surface area (Å²) < 4.78 is 16.6. The van der Waals surface area contributed by atoms with Crippen molar-refractivity contribution >= 4 is 23.8 Å². The van der Waals surface area contributed by atoms with Crippen LogP contribution >= 0.6 is 0 Å². The van der Waals surface area contributed by atoms with E-state index < -0.39 is 0 Å². The van der Waals surface area contributed by atoms with Crippen LogP contribution in [0, 0.1) is 0 Å². The SMILES string of the molecule is CCOC(=O)c1cccc(N=Cc2ccc(OCc3ccc(C(=O)N4CCCCC4)cc3)c(OC)c2)c1. The van der Waals surface area contributed by atoms with E-state index in [9.17, 15) is 9.59 Å². The second kappa shape index (κ2) is 12.7. The number of hydrogen-bond donors (Lipinski definition) is 0. The first-order valence-corrected chi connectivity index (χ1v) is 12.6. The maximum Gasteiger partial charge on any atom is 0.338 e. The molecule has 1 aliphatic rings. The summed E-state index contributed by atoms with van der Waals surface area (Å²) in [5.74, 6) is 0.920. The van der Waals surface area contributed by atoms with Gasteiger partial charge in [0, 0.05) is 24.9 Å². The van der Waals surface area contributed by atoms with Crippen LogP contribution in [0.2, 0.25) is 0 Å². The minimum atomic E-state index is -0.369. The summed E-state index contributed by atoms with van der Waals surface area (Å²) >= 11 is 0. The van der Waals surface area contributed by atoms with Crippen molar-refractivity contribution in [2.24, 2.45) is 4.99 Å². The molecule has 1 heterocycles. The zero-order valence-electron chi connectivity index (χ0n) is 21.3. The maximum atomic E-state index is 12.7. The van der Waals surface area contributed by atoms with Crippen molar-refractivity contribution in [2.45, 2.75) is 32.8 Å². The molecule has 7 nitrogen and oxygen atoms in total. The van der Waals surface area contributed by atoms with Gasteiger partial charge in [0.1, 0.15) is 6.61 Å². The lowest BCUT2D eigenvalue weighted by molar-refractivity contribution is 0.0526. The Hall–Kier alpha value is -4.13. The van der Waals surface area contributed by atoms with Gasteiger partial charge in [0.05, 0.1) is 25.0 Å². The molecular weight excluding hydrogens is 468 g/mol. The lowest BCUT2D eigenvalue weighted by atomic mass is 10.1. The molecule has 0 radical (unpaired) electrons. The van der Waals surface area contributed by atoms with Gasteiger partial charge in [0.15, 0.2) is 11.5 Å². The van der Waals surface area contributed by atoms with Crippen LogP contribution in [-0.4, -0.2) is 49.8 Å². The summed E-state index contributed by atoms with van der Waals surface area (Å²) in [5, 5.41) is 0. The van der Waals surface area contributed by atoms with Gasteiger partial charge >= 0.3 is 5.97 Å². The zero-order chi connectivity index (χ0) is 26.0. The van der Waals surface area contributed by atoms with Gasteiger partial charge in [-0.05, 0) is 85.8 Å². The molecule has 0 unspecified atom stereocenters. The molecular formula is C30H32N2O5. The van der Waals surface area contributed by atoms with Crippen molar-refractivity contribution in [3.05, 3.63) is 89.0 Å². The van der Waals surface area contributed by atoms with Crippen molar-refractivity contribution in [1.82, 2.24) is 4.90 Å². The molecule has 0 spiro atoms. The van der Waals surface area contributed by atoms with E-state index in [4.69, 9.17) is 14.2 Å². The number of esters is 1. The highest BCUT2D eigenvalue weighted by molar-refractivity contribution is 5.94. The van der Waals surface area contributed by atoms with Crippen molar-refractivity contribution in [3.63, 3.8) is 0 Å². The fraction of sp³-hybridized carbons (Fsp3) is 0.300. The third-order valence-corrected chi connectivity index (χ3v) is 6.15. The molecule has 1 saturated heterocycles. The van der Waals surface area contributed by atoms with Gasteiger partial charge in [0.2, 0.25) is 0 Å². The van der Waals surface area contributed by atoms with E-state index in [1.54, 1.807) is 38.4 Å². The molecule has 0 N–H and O–H groups in total. The van der Waals surface area contributed by atoms with Crippen LogP contribution in [0.3, 0.4) is 0 Å². The van der Waals surface area contributed by atoms with E-state index in [0.717, 1.165) is 37.1 Å². The molecule has 1 aliphatic heterocycles. The Labute approximate surface area is 217 Å². The molecule has 0 aliphatic carbocycles. The smallest absolute Gasteiger partial charge is 0.338 e. The van der Waals surface area contributed by atoms with E-state index in [2.05, 4.69) is 4.99 Å². The summed E-state index contributed by atoms with van der Waals surface area (Å²) in [6, 6.07) is 20.1. The van der Waals surface area contributed by atoms with E-state index >= 15 is 0 Å². The second-order valence-corrected chi connectivity index (χ2v) is 8.78. The number of piperidine rings is 1. The third kappa shape index (κ3) is 6.97. The predicted molar refractivity (Wildman–Crippen MR) is 143 cm³/mol. The Morgan fingerprint density at radius 3 is 2.43 bits per heavy atom. The van der Waals surface area contributed by atoms with Crippen molar-refractivity contribution < 1.29 is 23.8 Å². The number of aliphatic imine (C=N–C) groups is 1. The second-order valence-electron chi connectivity index (χ2n) is 8.78. The van der Waals surface area contributed by atoms with Crippen LogP contribution < -0.4 is 9.47 Å². The molecule has 0 aromatic heterocycles. The van der Waals surface area contributed by atoms with Gasteiger partial charge in [-0.3, -0.25) is 9.79 Å². The van der Waals surface area contributed by atoms with Crippen LogP contribution in [0.1, 0.15) is 58.0 Å². The van der Waals surface area contributed by atoms with E-state index in [0.29, 0.717) is 41.5 Å². The van der Waals surface area contributed by atoms with Crippen LogP contribution in [0.15, 0.2) is 71.7 Å². The number of hydrogen-bond acceptors (Lipinski definition) is 6. The van der Waals surface area contributed by atoms with Gasteiger partial charge in [-0.1, -0.05) is 18.2 Å². The number of methoxy groups -OCH3 is 1. The average Bonchev–Trinajstić information content (AvgIpc) is 2.95. The number of ether oxygens (including phenoxy) is 3. The van der Waals surface area contributed by atoms with Gasteiger partial charge < -0.3 is 19.1 Å². The van der Waals surface area contributed by atoms with Crippen LogP contribution in [0.25, 0.3) is 0 Å². The highest BCUT2D eigenvalue weighted by Crippen LogP contribution is 2.29. The minimum absolute atomic E-state index is 0.0960. The Kier molecular flexibility index (Phi) is 8.92. The molecule has 1 fully saturated rings. The quantitative estimate of drug-likeness (QED) is 0.273. The third-order valence-electron chi connectivity index (χ3n) is 6.15. The summed E-state index contributed by atoms with van der Waals surface area (Å²) in [6.45, 7) is 4.12. The summed E-state index contributed by atoms with van der Waals surface area (Å²) in [4.78, 5) is 31.0. The minimum Gasteiger partial charge on any atom is -0.493 e. The van der Waals surface area contributed by atoms with Crippen molar-refractivity contribution in [1.29, 1.82) is 0 Å². The Morgan fingerprint density at radius 1 is 0.919 bits per heavy atom. The highest BCUT2D eigenvalue weighted by Gasteiger charge is 2.18. The fourth-order valence-electron chi connectivity index (χ4n) is 4.14. The number of carbonyl (C=O) groups excluding carboxylic acids is 2. The summed E-state index contributed by atoms with van der Waals surface area (Å²) in [7, 11) is 1.59. The predicted octanol–water partition coefficient (Wildman–Crippen LogP) is 5.83.